The van der Waals surface area contributed by atoms with Crippen LogP contribution >= 0.6 is 11.6 Å². The van der Waals surface area contributed by atoms with Crippen LogP contribution in [-0.4, -0.2) is 29.2 Å². The van der Waals surface area contributed by atoms with E-state index >= 15 is 0 Å². The molecule has 0 amide bonds. The van der Waals surface area contributed by atoms with Crippen molar-refractivity contribution in [1.29, 1.82) is 0 Å². The molecule has 1 N–H and O–H groups in total. The summed E-state index contributed by atoms with van der Waals surface area (Å²) in [6.45, 7) is 3.93. The fourth-order valence-corrected chi connectivity index (χ4v) is 4.56. The summed E-state index contributed by atoms with van der Waals surface area (Å²) in [5.41, 5.74) is 8.94. The van der Waals surface area contributed by atoms with E-state index in [2.05, 4.69) is 100 Å². The van der Waals surface area contributed by atoms with Crippen LogP contribution < -0.4 is 5.43 Å². The molecule has 4 rings (SSSR count). The van der Waals surface area contributed by atoms with Gasteiger partial charge in [-0.15, -0.1) is 11.6 Å². The predicted molar refractivity (Wildman–Crippen MR) is 130 cm³/mol. The van der Waals surface area contributed by atoms with E-state index in [1.165, 1.54) is 35.1 Å². The Kier molecular flexibility index (Phi) is 8.14. The maximum atomic E-state index is 6.02. The lowest BCUT2D eigenvalue weighted by atomic mass is 10.1. The summed E-state index contributed by atoms with van der Waals surface area (Å²) in [7, 11) is 0. The van der Waals surface area contributed by atoms with Crippen LogP contribution in [0, 0.1) is 0 Å². The molecular formula is C27H32ClN3. The molecule has 1 atom stereocenters. The van der Waals surface area contributed by atoms with Gasteiger partial charge in [-0.1, -0.05) is 84.9 Å². The van der Waals surface area contributed by atoms with Crippen LogP contribution in [0.3, 0.4) is 0 Å². The molecule has 3 aromatic carbocycles. The SMILES string of the molecule is ClCc1cccc(CNN2CCCC2N(CCc2ccccc2)Cc2ccccc2)c1. The van der Waals surface area contributed by atoms with Gasteiger partial charge in [0.1, 0.15) is 0 Å². The van der Waals surface area contributed by atoms with Gasteiger partial charge >= 0.3 is 0 Å². The van der Waals surface area contributed by atoms with E-state index in [1.54, 1.807) is 0 Å². The minimum absolute atomic E-state index is 0.403. The quantitative estimate of drug-likeness (QED) is 0.420. The van der Waals surface area contributed by atoms with E-state index in [0.29, 0.717) is 12.0 Å². The molecule has 1 unspecified atom stereocenters. The highest BCUT2D eigenvalue weighted by molar-refractivity contribution is 6.17. The Hall–Kier alpha value is -2.17. The van der Waals surface area contributed by atoms with Gasteiger partial charge in [-0.25, -0.2) is 10.4 Å². The van der Waals surface area contributed by atoms with Crippen LogP contribution in [0.15, 0.2) is 84.9 Å². The van der Waals surface area contributed by atoms with Gasteiger partial charge in [-0.05, 0) is 41.5 Å². The highest BCUT2D eigenvalue weighted by atomic mass is 35.5. The molecule has 162 valence electrons. The minimum atomic E-state index is 0.403. The molecule has 1 heterocycles. The lowest BCUT2D eigenvalue weighted by molar-refractivity contribution is 0.0302. The van der Waals surface area contributed by atoms with Crippen LogP contribution in [0.5, 0.6) is 0 Å². The largest absolute Gasteiger partial charge is 0.282 e. The molecule has 3 nitrogen and oxygen atoms in total. The average molecular weight is 434 g/mol. The standard InChI is InChI=1S/C27H32ClN3/c28-20-25-13-7-14-26(19-25)21-29-31-17-8-15-27(31)30(22-24-11-5-2-6-12-24)18-16-23-9-3-1-4-10-23/h1-7,9-14,19,27,29H,8,15-18,20-22H2. The second kappa shape index (κ2) is 11.4. The van der Waals surface area contributed by atoms with Gasteiger partial charge in [0, 0.05) is 32.1 Å². The number of rotatable bonds is 10. The zero-order valence-corrected chi connectivity index (χ0v) is 18.8. The minimum Gasteiger partial charge on any atom is -0.282 e. The predicted octanol–water partition coefficient (Wildman–Crippen LogP) is 5.60. The molecule has 0 spiro atoms. The van der Waals surface area contributed by atoms with Crippen LogP contribution in [0.2, 0.25) is 0 Å². The fourth-order valence-electron chi connectivity index (χ4n) is 4.40. The van der Waals surface area contributed by atoms with Gasteiger partial charge in [-0.2, -0.15) is 0 Å². The number of halogens is 1. The molecular weight excluding hydrogens is 402 g/mol. The van der Waals surface area contributed by atoms with Crippen molar-refractivity contribution in [2.45, 2.75) is 44.4 Å². The molecule has 1 saturated heterocycles. The van der Waals surface area contributed by atoms with Crippen molar-refractivity contribution in [1.82, 2.24) is 15.3 Å². The maximum Gasteiger partial charge on any atom is 0.0761 e. The Morgan fingerprint density at radius 2 is 1.52 bits per heavy atom. The molecule has 1 fully saturated rings. The Labute approximate surface area is 191 Å². The van der Waals surface area contributed by atoms with Gasteiger partial charge < -0.3 is 0 Å². The summed E-state index contributed by atoms with van der Waals surface area (Å²) in [6, 6.07) is 30.2. The first-order chi connectivity index (χ1) is 15.3. The third kappa shape index (κ3) is 6.41. The first-order valence-corrected chi connectivity index (χ1v) is 11.8. The van der Waals surface area contributed by atoms with Gasteiger partial charge in [0.15, 0.2) is 0 Å². The molecule has 3 aromatic rings. The van der Waals surface area contributed by atoms with Crippen LogP contribution in [0.25, 0.3) is 0 Å². The highest BCUT2D eigenvalue weighted by Crippen LogP contribution is 2.22. The van der Waals surface area contributed by atoms with E-state index in [4.69, 9.17) is 11.6 Å². The van der Waals surface area contributed by atoms with E-state index in [9.17, 15) is 0 Å². The van der Waals surface area contributed by atoms with Crippen molar-refractivity contribution < 1.29 is 0 Å². The smallest absolute Gasteiger partial charge is 0.0761 e. The molecule has 0 aromatic heterocycles. The summed E-state index contributed by atoms with van der Waals surface area (Å²) in [5, 5.41) is 2.45. The van der Waals surface area contributed by atoms with Crippen molar-refractivity contribution in [3.8, 4) is 0 Å². The van der Waals surface area contributed by atoms with E-state index < -0.39 is 0 Å². The number of nitrogens with one attached hydrogen (secondary N) is 1. The van der Waals surface area contributed by atoms with Gasteiger partial charge in [0.25, 0.3) is 0 Å². The molecule has 31 heavy (non-hydrogen) atoms. The van der Waals surface area contributed by atoms with Gasteiger partial charge in [-0.3, -0.25) is 4.90 Å². The van der Waals surface area contributed by atoms with Crippen molar-refractivity contribution in [3.63, 3.8) is 0 Å². The zero-order valence-electron chi connectivity index (χ0n) is 18.1. The molecule has 4 heteroatoms. The second-order valence-electron chi connectivity index (χ2n) is 8.30. The van der Waals surface area contributed by atoms with E-state index in [0.717, 1.165) is 32.6 Å². The second-order valence-corrected chi connectivity index (χ2v) is 8.56. The summed E-state index contributed by atoms with van der Waals surface area (Å²) in [6.07, 6.45) is 3.88. The number of alkyl halides is 1. The molecule has 0 saturated carbocycles. The highest BCUT2D eigenvalue weighted by Gasteiger charge is 2.29. The summed E-state index contributed by atoms with van der Waals surface area (Å²) in [4.78, 5) is 2.64. The topological polar surface area (TPSA) is 18.5 Å². The Balaban J connectivity index is 1.44. The zero-order chi connectivity index (χ0) is 21.3. The van der Waals surface area contributed by atoms with Crippen molar-refractivity contribution in [2.24, 2.45) is 0 Å². The van der Waals surface area contributed by atoms with Gasteiger partial charge in [0.2, 0.25) is 0 Å². The lowest BCUT2D eigenvalue weighted by Gasteiger charge is -2.35. The summed E-state index contributed by atoms with van der Waals surface area (Å²) in [5.74, 6) is 0.560. The van der Waals surface area contributed by atoms with Crippen molar-refractivity contribution in [3.05, 3.63) is 107 Å². The molecule has 1 aliphatic rings. The number of hydrazine groups is 1. The first-order valence-electron chi connectivity index (χ1n) is 11.3. The Bertz CT molecular complexity index is 916. The normalized spacial score (nSPS) is 16.8. The van der Waals surface area contributed by atoms with E-state index in [1.807, 2.05) is 0 Å². The van der Waals surface area contributed by atoms with Crippen molar-refractivity contribution >= 4 is 11.6 Å². The molecule has 0 radical (unpaired) electrons. The van der Waals surface area contributed by atoms with Crippen LogP contribution in [-0.2, 0) is 25.4 Å². The number of nitrogens with zero attached hydrogens (tertiary/aromatic N) is 2. The fraction of sp³-hybridized carbons (Fsp3) is 0.333. The Morgan fingerprint density at radius 1 is 0.839 bits per heavy atom. The third-order valence-corrected chi connectivity index (χ3v) is 6.34. The first kappa shape index (κ1) is 22.0. The van der Waals surface area contributed by atoms with Crippen molar-refractivity contribution in [2.75, 3.05) is 13.1 Å². The number of hydrogen-bond acceptors (Lipinski definition) is 3. The molecule has 1 aliphatic heterocycles. The summed E-state index contributed by atoms with van der Waals surface area (Å²) < 4.78 is 0. The third-order valence-electron chi connectivity index (χ3n) is 6.03. The monoisotopic (exact) mass is 433 g/mol. The lowest BCUT2D eigenvalue weighted by Crippen LogP contribution is -2.50. The van der Waals surface area contributed by atoms with Gasteiger partial charge in [0.05, 0.1) is 6.17 Å². The van der Waals surface area contributed by atoms with Crippen LogP contribution in [0.4, 0.5) is 0 Å². The number of benzene rings is 3. The van der Waals surface area contributed by atoms with Crippen LogP contribution in [0.1, 0.15) is 35.1 Å². The molecule has 0 bridgehead atoms. The number of hydrogen-bond donors (Lipinski definition) is 1. The van der Waals surface area contributed by atoms with E-state index in [-0.39, 0.29) is 0 Å². The summed E-state index contributed by atoms with van der Waals surface area (Å²) >= 11 is 6.02. The maximum absolute atomic E-state index is 6.02. The average Bonchev–Trinajstić information content (AvgIpc) is 3.30. The molecule has 0 aliphatic carbocycles. The Morgan fingerprint density at radius 3 is 2.26 bits per heavy atom.